The van der Waals surface area contributed by atoms with Crippen molar-refractivity contribution in [1.82, 2.24) is 14.5 Å². The zero-order valence-electron chi connectivity index (χ0n) is 14.8. The van der Waals surface area contributed by atoms with Gasteiger partial charge in [-0.15, -0.1) is 0 Å². The maximum absolute atomic E-state index is 12.7. The van der Waals surface area contributed by atoms with E-state index in [9.17, 15) is 8.42 Å². The Hall–Kier alpha value is -1.44. The van der Waals surface area contributed by atoms with Crippen molar-refractivity contribution >= 4 is 21.6 Å². The molecule has 0 aromatic heterocycles. The van der Waals surface area contributed by atoms with Gasteiger partial charge in [-0.25, -0.2) is 13.1 Å². The molecule has 1 aliphatic heterocycles. The molecular weight excluding hydrogens is 370 g/mol. The molecule has 0 saturated carbocycles. The second-order valence-corrected chi connectivity index (χ2v) is 8.78. The predicted molar refractivity (Wildman–Crippen MR) is 105 cm³/mol. The van der Waals surface area contributed by atoms with E-state index in [1.54, 1.807) is 18.2 Å². The van der Waals surface area contributed by atoms with Crippen LogP contribution >= 0.6 is 11.6 Å². The molecule has 0 aliphatic carbocycles. The summed E-state index contributed by atoms with van der Waals surface area (Å²) in [4.78, 5) is 4.82. The van der Waals surface area contributed by atoms with Gasteiger partial charge in [0.1, 0.15) is 0 Å². The molecule has 26 heavy (non-hydrogen) atoms. The summed E-state index contributed by atoms with van der Waals surface area (Å²) < 4.78 is 28.1. The van der Waals surface area contributed by atoms with E-state index in [0.29, 0.717) is 11.6 Å². The largest absolute Gasteiger partial charge is 0.304 e. The highest BCUT2D eigenvalue weighted by molar-refractivity contribution is 7.89. The van der Waals surface area contributed by atoms with Gasteiger partial charge in [0.25, 0.3) is 0 Å². The third-order valence-corrected chi connectivity index (χ3v) is 6.39. The van der Waals surface area contributed by atoms with Crippen molar-refractivity contribution in [2.24, 2.45) is 0 Å². The Morgan fingerprint density at radius 1 is 1.04 bits per heavy atom. The first-order valence-electron chi connectivity index (χ1n) is 8.68. The van der Waals surface area contributed by atoms with Crippen molar-refractivity contribution in [3.8, 4) is 0 Å². The van der Waals surface area contributed by atoms with Gasteiger partial charge in [-0.1, -0.05) is 48.0 Å². The fourth-order valence-corrected chi connectivity index (χ4v) is 4.51. The van der Waals surface area contributed by atoms with Crippen molar-refractivity contribution < 1.29 is 8.42 Å². The van der Waals surface area contributed by atoms with Gasteiger partial charge in [0.15, 0.2) is 0 Å². The Morgan fingerprint density at radius 2 is 1.73 bits per heavy atom. The minimum atomic E-state index is -3.61. The molecule has 0 amide bonds. The van der Waals surface area contributed by atoms with Crippen LogP contribution < -0.4 is 4.72 Å². The minimum Gasteiger partial charge on any atom is -0.304 e. The van der Waals surface area contributed by atoms with Crippen LogP contribution in [0.25, 0.3) is 0 Å². The van der Waals surface area contributed by atoms with Crippen molar-refractivity contribution in [2.45, 2.75) is 10.9 Å². The fraction of sp³-hybridized carbons (Fsp3) is 0.368. The van der Waals surface area contributed by atoms with Crippen molar-refractivity contribution in [1.29, 1.82) is 0 Å². The van der Waals surface area contributed by atoms with Gasteiger partial charge in [0.05, 0.1) is 4.90 Å². The first-order valence-corrected chi connectivity index (χ1v) is 10.5. The summed E-state index contributed by atoms with van der Waals surface area (Å²) in [7, 11) is -1.50. The highest BCUT2D eigenvalue weighted by Crippen LogP contribution is 2.22. The van der Waals surface area contributed by atoms with Crippen LogP contribution in [0, 0.1) is 0 Å². The molecule has 0 bridgehead atoms. The summed E-state index contributed by atoms with van der Waals surface area (Å²) in [5.74, 6) is 0. The van der Waals surface area contributed by atoms with Gasteiger partial charge >= 0.3 is 0 Å². The molecule has 2 aromatic carbocycles. The first-order chi connectivity index (χ1) is 12.5. The van der Waals surface area contributed by atoms with E-state index < -0.39 is 10.0 Å². The number of nitrogens with zero attached hydrogens (tertiary/aromatic N) is 2. The number of piperazine rings is 1. The summed E-state index contributed by atoms with van der Waals surface area (Å²) in [6.45, 7) is 4.10. The topological polar surface area (TPSA) is 52.6 Å². The fourth-order valence-electron chi connectivity index (χ4n) is 3.17. The molecule has 1 heterocycles. The van der Waals surface area contributed by atoms with Crippen LogP contribution in [-0.2, 0) is 10.0 Å². The maximum atomic E-state index is 12.7. The van der Waals surface area contributed by atoms with Gasteiger partial charge in [0.2, 0.25) is 10.0 Å². The normalized spacial score (nSPS) is 17.9. The highest BCUT2D eigenvalue weighted by Gasteiger charge is 2.26. The molecule has 1 saturated heterocycles. The average Bonchev–Trinajstić information content (AvgIpc) is 2.64. The number of nitrogens with one attached hydrogen (secondary N) is 1. The Balaban J connectivity index is 1.77. The molecule has 1 N–H and O–H groups in total. The number of rotatable bonds is 6. The SMILES string of the molecule is CN1CCN(C(CNS(=O)(=O)c2cccc(Cl)c2)c2ccccc2)CC1. The Bertz CT molecular complexity index is 822. The summed E-state index contributed by atoms with van der Waals surface area (Å²) in [6.07, 6.45) is 0. The minimum absolute atomic E-state index is 0.00106. The number of hydrogen-bond acceptors (Lipinski definition) is 4. The second-order valence-electron chi connectivity index (χ2n) is 6.57. The van der Waals surface area contributed by atoms with Gasteiger partial charge in [-0.05, 0) is 30.8 Å². The predicted octanol–water partition coefficient (Wildman–Crippen LogP) is 2.61. The third kappa shape index (κ3) is 4.84. The van der Waals surface area contributed by atoms with Crippen LogP contribution in [0.3, 0.4) is 0 Å². The summed E-state index contributed by atoms with van der Waals surface area (Å²) in [6, 6.07) is 16.4. The van der Waals surface area contributed by atoms with Crippen molar-refractivity contribution in [3.05, 3.63) is 65.2 Å². The molecule has 1 aliphatic rings. The highest BCUT2D eigenvalue weighted by atomic mass is 35.5. The number of likely N-dealkylation sites (N-methyl/N-ethyl adjacent to an activating group) is 1. The summed E-state index contributed by atoms with van der Waals surface area (Å²) >= 11 is 5.94. The van der Waals surface area contributed by atoms with Gasteiger partial charge in [0, 0.05) is 43.8 Å². The zero-order chi connectivity index (χ0) is 18.6. The van der Waals surface area contributed by atoms with E-state index in [-0.39, 0.29) is 10.9 Å². The summed E-state index contributed by atoms with van der Waals surface area (Å²) in [5, 5.41) is 0.409. The van der Waals surface area contributed by atoms with Gasteiger partial charge < -0.3 is 4.90 Å². The van der Waals surface area contributed by atoms with Crippen LogP contribution in [0.15, 0.2) is 59.5 Å². The molecule has 3 rings (SSSR count). The quantitative estimate of drug-likeness (QED) is 0.819. The standard InChI is InChI=1S/C19H24ClN3O2S/c1-22-10-12-23(13-11-22)19(16-6-3-2-4-7-16)15-21-26(24,25)18-9-5-8-17(20)14-18/h2-9,14,19,21H,10-13,15H2,1H3. The monoisotopic (exact) mass is 393 g/mol. The average molecular weight is 394 g/mol. The third-order valence-electron chi connectivity index (χ3n) is 4.74. The molecule has 1 fully saturated rings. The van der Waals surface area contributed by atoms with Crippen LogP contribution in [-0.4, -0.2) is 58.0 Å². The van der Waals surface area contributed by atoms with Crippen LogP contribution in [0.4, 0.5) is 0 Å². The van der Waals surface area contributed by atoms with E-state index in [1.165, 1.54) is 6.07 Å². The number of benzene rings is 2. The Labute approximate surface area is 160 Å². The molecule has 5 nitrogen and oxygen atoms in total. The van der Waals surface area contributed by atoms with E-state index in [4.69, 9.17) is 11.6 Å². The van der Waals surface area contributed by atoms with E-state index >= 15 is 0 Å². The van der Waals surface area contributed by atoms with Crippen molar-refractivity contribution in [2.75, 3.05) is 39.8 Å². The number of halogens is 1. The molecule has 7 heteroatoms. The Kier molecular flexibility index (Phi) is 6.32. The van der Waals surface area contributed by atoms with Crippen LogP contribution in [0.1, 0.15) is 11.6 Å². The van der Waals surface area contributed by atoms with Gasteiger partial charge in [-0.2, -0.15) is 0 Å². The van der Waals surface area contributed by atoms with E-state index in [0.717, 1.165) is 31.7 Å². The number of sulfonamides is 1. The van der Waals surface area contributed by atoms with E-state index in [2.05, 4.69) is 33.7 Å². The van der Waals surface area contributed by atoms with E-state index in [1.807, 2.05) is 18.2 Å². The molecule has 0 spiro atoms. The molecule has 1 unspecified atom stereocenters. The van der Waals surface area contributed by atoms with Crippen molar-refractivity contribution in [3.63, 3.8) is 0 Å². The first kappa shape index (κ1) is 19.3. The lowest BCUT2D eigenvalue weighted by Crippen LogP contribution is -2.48. The van der Waals surface area contributed by atoms with Gasteiger partial charge in [-0.3, -0.25) is 4.90 Å². The lowest BCUT2D eigenvalue weighted by atomic mass is 10.0. The zero-order valence-corrected chi connectivity index (χ0v) is 16.4. The van der Waals surface area contributed by atoms with Crippen LogP contribution in [0.5, 0.6) is 0 Å². The lowest BCUT2D eigenvalue weighted by Gasteiger charge is -2.38. The smallest absolute Gasteiger partial charge is 0.240 e. The number of hydrogen-bond donors (Lipinski definition) is 1. The molecular formula is C19H24ClN3O2S. The van der Waals surface area contributed by atoms with Crippen LogP contribution in [0.2, 0.25) is 5.02 Å². The molecule has 140 valence electrons. The second kappa shape index (κ2) is 8.50. The summed E-state index contributed by atoms with van der Waals surface area (Å²) in [5.41, 5.74) is 1.12. The molecule has 1 atom stereocenters. The maximum Gasteiger partial charge on any atom is 0.240 e. The molecule has 2 aromatic rings. The molecule has 0 radical (unpaired) electrons. The Morgan fingerprint density at radius 3 is 2.38 bits per heavy atom. The lowest BCUT2D eigenvalue weighted by molar-refractivity contribution is 0.113.